The maximum Gasteiger partial charge on any atom is 0.338 e. The summed E-state index contributed by atoms with van der Waals surface area (Å²) in [5.41, 5.74) is 2.20. The van der Waals surface area contributed by atoms with Crippen LogP contribution in [-0.4, -0.2) is 30.8 Å². The Morgan fingerprint density at radius 1 is 1.11 bits per heavy atom. The lowest BCUT2D eigenvalue weighted by Gasteiger charge is -2.10. The first-order valence-corrected chi connectivity index (χ1v) is 10.2. The first-order chi connectivity index (χ1) is 13.3. The average molecular weight is 399 g/mol. The summed E-state index contributed by atoms with van der Waals surface area (Å²) in [7, 11) is -3.90. The molecule has 7 nitrogen and oxygen atoms in total. The first-order valence-electron chi connectivity index (χ1n) is 8.75. The van der Waals surface area contributed by atoms with E-state index in [-0.39, 0.29) is 22.8 Å². The number of hydrogen-bond donors (Lipinski definition) is 1. The highest BCUT2D eigenvalue weighted by molar-refractivity contribution is 7.92. The minimum absolute atomic E-state index is 0.109. The predicted octanol–water partition coefficient (Wildman–Crippen LogP) is 3.47. The zero-order valence-corrected chi connectivity index (χ0v) is 16.7. The number of hydrogen-bond acceptors (Lipinski definition) is 5. The molecule has 0 bridgehead atoms. The average Bonchev–Trinajstić information content (AvgIpc) is 2.97. The summed E-state index contributed by atoms with van der Waals surface area (Å²) in [6, 6.07) is 15.5. The Bertz CT molecular complexity index is 1110. The maximum atomic E-state index is 13.0. The normalized spacial score (nSPS) is 11.2. The highest BCUT2D eigenvalue weighted by atomic mass is 32.2. The van der Waals surface area contributed by atoms with Crippen LogP contribution in [0.25, 0.3) is 5.69 Å². The second-order valence-corrected chi connectivity index (χ2v) is 7.77. The highest BCUT2D eigenvalue weighted by Gasteiger charge is 2.25. The van der Waals surface area contributed by atoms with Gasteiger partial charge in [-0.1, -0.05) is 24.3 Å². The van der Waals surface area contributed by atoms with E-state index >= 15 is 0 Å². The fourth-order valence-corrected chi connectivity index (χ4v) is 4.41. The van der Waals surface area contributed by atoms with Crippen LogP contribution in [0.5, 0.6) is 0 Å². The number of carbonyl (C=O) groups excluding carboxylic acids is 1. The van der Waals surface area contributed by atoms with E-state index in [1.165, 1.54) is 6.07 Å². The fraction of sp³-hybridized carbons (Fsp3) is 0.200. The lowest BCUT2D eigenvalue weighted by Crippen LogP contribution is -2.15. The van der Waals surface area contributed by atoms with Crippen molar-refractivity contribution in [2.75, 3.05) is 11.3 Å². The molecule has 0 atom stereocenters. The Balaban J connectivity index is 1.96. The van der Waals surface area contributed by atoms with Crippen molar-refractivity contribution in [2.24, 2.45) is 0 Å². The van der Waals surface area contributed by atoms with Crippen LogP contribution in [0.1, 0.15) is 28.7 Å². The van der Waals surface area contributed by atoms with Crippen molar-refractivity contribution >= 4 is 21.7 Å². The molecule has 0 spiro atoms. The van der Waals surface area contributed by atoms with E-state index < -0.39 is 16.0 Å². The van der Waals surface area contributed by atoms with E-state index in [0.717, 1.165) is 5.69 Å². The largest absolute Gasteiger partial charge is 0.462 e. The Kier molecular flexibility index (Phi) is 5.51. The lowest BCUT2D eigenvalue weighted by atomic mass is 10.2. The van der Waals surface area contributed by atoms with Crippen LogP contribution in [0.3, 0.4) is 0 Å². The number of benzene rings is 2. The Hall–Kier alpha value is -3.13. The molecule has 0 aliphatic rings. The van der Waals surface area contributed by atoms with Crippen LogP contribution in [0.15, 0.2) is 59.5 Å². The second kappa shape index (κ2) is 7.85. The van der Waals surface area contributed by atoms with Gasteiger partial charge in [0.1, 0.15) is 4.90 Å². The number of esters is 1. The molecule has 28 heavy (non-hydrogen) atoms. The predicted molar refractivity (Wildman–Crippen MR) is 106 cm³/mol. The molecule has 0 aliphatic heterocycles. The zero-order valence-electron chi connectivity index (χ0n) is 15.8. The van der Waals surface area contributed by atoms with Gasteiger partial charge in [0.15, 0.2) is 0 Å². The summed E-state index contributed by atoms with van der Waals surface area (Å²) in [5, 5.41) is 4.38. The number of nitrogens with zero attached hydrogens (tertiary/aromatic N) is 2. The number of aryl methyl sites for hydroxylation is 1. The van der Waals surface area contributed by atoms with Gasteiger partial charge in [-0.3, -0.25) is 4.72 Å². The lowest BCUT2D eigenvalue weighted by molar-refractivity contribution is 0.0526. The standard InChI is InChI=1S/C20H21N3O4S/c1-4-27-20(24)16-9-8-10-17(13-16)22-28(25,26)19-14(2)21-23(15(19)3)18-11-6-5-7-12-18/h5-13,22H,4H2,1-3H3. The summed E-state index contributed by atoms with van der Waals surface area (Å²) >= 11 is 0. The number of carbonyl (C=O) groups is 1. The molecule has 0 aliphatic carbocycles. The van der Waals surface area contributed by atoms with Gasteiger partial charge in [0, 0.05) is 5.69 Å². The number of para-hydroxylation sites is 1. The Labute approximate surface area is 164 Å². The van der Waals surface area contributed by atoms with E-state index in [2.05, 4.69) is 9.82 Å². The molecule has 0 fully saturated rings. The number of ether oxygens (including phenoxy) is 1. The molecule has 1 aromatic heterocycles. The van der Waals surface area contributed by atoms with Crippen LogP contribution in [0, 0.1) is 13.8 Å². The molecule has 8 heteroatoms. The van der Waals surface area contributed by atoms with Crippen molar-refractivity contribution in [3.8, 4) is 5.69 Å². The molecule has 0 radical (unpaired) electrons. The van der Waals surface area contributed by atoms with Gasteiger partial charge in [-0.2, -0.15) is 5.10 Å². The zero-order chi connectivity index (χ0) is 20.3. The quantitative estimate of drug-likeness (QED) is 0.641. The van der Waals surface area contributed by atoms with E-state index in [4.69, 9.17) is 4.74 Å². The molecular weight excluding hydrogens is 378 g/mol. The highest BCUT2D eigenvalue weighted by Crippen LogP contribution is 2.25. The van der Waals surface area contributed by atoms with Gasteiger partial charge in [-0.25, -0.2) is 17.9 Å². The van der Waals surface area contributed by atoms with E-state index in [1.807, 2.05) is 30.3 Å². The Morgan fingerprint density at radius 2 is 1.82 bits per heavy atom. The summed E-state index contributed by atoms with van der Waals surface area (Å²) in [5.74, 6) is -0.507. The van der Waals surface area contributed by atoms with Crippen molar-refractivity contribution < 1.29 is 17.9 Å². The molecule has 2 aromatic carbocycles. The van der Waals surface area contributed by atoms with Crippen LogP contribution in [-0.2, 0) is 14.8 Å². The number of aromatic nitrogens is 2. The third kappa shape index (κ3) is 3.91. The maximum absolute atomic E-state index is 13.0. The van der Waals surface area contributed by atoms with Crippen LogP contribution in [0.2, 0.25) is 0 Å². The fourth-order valence-electron chi connectivity index (χ4n) is 2.97. The molecule has 0 amide bonds. The van der Waals surface area contributed by atoms with Gasteiger partial charge in [0.2, 0.25) is 0 Å². The molecule has 3 rings (SSSR count). The number of nitrogens with one attached hydrogen (secondary N) is 1. The minimum Gasteiger partial charge on any atom is -0.462 e. The van der Waals surface area contributed by atoms with Crippen molar-refractivity contribution in [1.82, 2.24) is 9.78 Å². The summed E-state index contributed by atoms with van der Waals surface area (Å²) in [4.78, 5) is 12.0. The summed E-state index contributed by atoms with van der Waals surface area (Å²) in [6.45, 7) is 5.30. The van der Waals surface area contributed by atoms with Gasteiger partial charge >= 0.3 is 5.97 Å². The van der Waals surface area contributed by atoms with Gasteiger partial charge in [-0.15, -0.1) is 0 Å². The number of rotatable bonds is 6. The van der Waals surface area contributed by atoms with Crippen molar-refractivity contribution in [1.29, 1.82) is 0 Å². The van der Waals surface area contributed by atoms with Crippen molar-refractivity contribution in [3.63, 3.8) is 0 Å². The molecule has 0 unspecified atom stereocenters. The molecule has 1 heterocycles. The monoisotopic (exact) mass is 399 g/mol. The molecule has 1 N–H and O–H groups in total. The van der Waals surface area contributed by atoms with Gasteiger partial charge in [0.05, 0.1) is 29.2 Å². The summed E-state index contributed by atoms with van der Waals surface area (Å²) in [6.07, 6.45) is 0. The van der Waals surface area contributed by atoms with Gasteiger partial charge in [0.25, 0.3) is 10.0 Å². The molecular formula is C20H21N3O4S. The number of sulfonamides is 1. The molecule has 3 aromatic rings. The summed E-state index contributed by atoms with van der Waals surface area (Å²) < 4.78 is 35.1. The van der Waals surface area contributed by atoms with Crippen molar-refractivity contribution in [3.05, 3.63) is 71.5 Å². The minimum atomic E-state index is -3.90. The smallest absolute Gasteiger partial charge is 0.338 e. The van der Waals surface area contributed by atoms with E-state index in [9.17, 15) is 13.2 Å². The third-order valence-electron chi connectivity index (χ3n) is 4.12. The van der Waals surface area contributed by atoms with Crippen LogP contribution in [0.4, 0.5) is 5.69 Å². The van der Waals surface area contributed by atoms with Crippen LogP contribution < -0.4 is 4.72 Å². The van der Waals surface area contributed by atoms with Crippen molar-refractivity contribution in [2.45, 2.75) is 25.7 Å². The second-order valence-electron chi connectivity index (χ2n) is 6.15. The topological polar surface area (TPSA) is 90.3 Å². The van der Waals surface area contributed by atoms with Gasteiger partial charge in [-0.05, 0) is 51.1 Å². The SMILES string of the molecule is CCOC(=O)c1cccc(NS(=O)(=O)c2c(C)nn(-c3ccccc3)c2C)c1. The van der Waals surface area contributed by atoms with Crippen LogP contribution >= 0.6 is 0 Å². The Morgan fingerprint density at radius 3 is 2.50 bits per heavy atom. The van der Waals surface area contributed by atoms with E-state index in [0.29, 0.717) is 11.4 Å². The van der Waals surface area contributed by atoms with Gasteiger partial charge < -0.3 is 4.74 Å². The van der Waals surface area contributed by atoms with E-state index in [1.54, 1.807) is 43.7 Å². The third-order valence-corrected chi connectivity index (χ3v) is 5.75. The number of anilines is 1. The first kappa shape index (κ1) is 19.6. The molecule has 146 valence electrons. The molecule has 0 saturated heterocycles. The molecule has 0 saturated carbocycles.